The van der Waals surface area contributed by atoms with Gasteiger partial charge in [-0.1, -0.05) is 39.8 Å². The fourth-order valence-corrected chi connectivity index (χ4v) is 2.36. The van der Waals surface area contributed by atoms with E-state index in [0.29, 0.717) is 11.8 Å². The molecule has 1 fully saturated rings. The summed E-state index contributed by atoms with van der Waals surface area (Å²) in [5.74, 6) is 1.30. The van der Waals surface area contributed by atoms with Gasteiger partial charge in [0.15, 0.2) is 0 Å². The molecular formula is C12H22O. The zero-order valence-corrected chi connectivity index (χ0v) is 9.72. The fraction of sp³-hybridized carbons (Fsp3) is 0.833. The Labute approximate surface area is 82.2 Å². The van der Waals surface area contributed by atoms with Crippen LogP contribution in [0.5, 0.6) is 0 Å². The normalized spacial score (nSPS) is 51.8. The Morgan fingerprint density at radius 2 is 1.23 bits per heavy atom. The molecule has 0 spiro atoms. The summed E-state index contributed by atoms with van der Waals surface area (Å²) in [4.78, 5) is 0. The van der Waals surface area contributed by atoms with Crippen LogP contribution < -0.4 is 0 Å². The van der Waals surface area contributed by atoms with Gasteiger partial charge in [0.25, 0.3) is 0 Å². The zero-order chi connectivity index (χ0) is 10.3. The SMILES string of the molecule is CC.CC1C(C)C2(C)C=CC1(C)O2. The van der Waals surface area contributed by atoms with E-state index in [0.717, 1.165) is 0 Å². The molecule has 1 heteroatoms. The second kappa shape index (κ2) is 3.13. The van der Waals surface area contributed by atoms with Gasteiger partial charge in [0.1, 0.15) is 0 Å². The Morgan fingerprint density at radius 3 is 1.38 bits per heavy atom. The van der Waals surface area contributed by atoms with Crippen molar-refractivity contribution in [2.45, 2.75) is 52.7 Å². The van der Waals surface area contributed by atoms with Crippen LogP contribution in [0.1, 0.15) is 41.5 Å². The van der Waals surface area contributed by atoms with E-state index in [1.54, 1.807) is 0 Å². The summed E-state index contributed by atoms with van der Waals surface area (Å²) in [7, 11) is 0. The molecule has 0 aromatic heterocycles. The molecule has 2 aliphatic rings. The first-order valence-electron chi connectivity index (χ1n) is 5.38. The molecule has 1 nitrogen and oxygen atoms in total. The van der Waals surface area contributed by atoms with Crippen LogP contribution in [0.2, 0.25) is 0 Å². The maximum absolute atomic E-state index is 5.96. The summed E-state index contributed by atoms with van der Waals surface area (Å²) in [6, 6.07) is 0. The van der Waals surface area contributed by atoms with Gasteiger partial charge in [0, 0.05) is 0 Å². The minimum atomic E-state index is 0.0220. The maximum Gasteiger partial charge on any atom is 0.0876 e. The summed E-state index contributed by atoms with van der Waals surface area (Å²) in [5.41, 5.74) is 0.0440. The predicted octanol–water partition coefficient (Wildman–Crippen LogP) is 3.40. The van der Waals surface area contributed by atoms with E-state index in [9.17, 15) is 0 Å². The molecule has 0 radical (unpaired) electrons. The lowest BCUT2D eigenvalue weighted by Crippen LogP contribution is -2.30. The molecule has 76 valence electrons. The van der Waals surface area contributed by atoms with Gasteiger partial charge in [-0.2, -0.15) is 0 Å². The molecule has 0 aliphatic carbocycles. The molecule has 2 aliphatic heterocycles. The number of hydrogen-bond acceptors (Lipinski definition) is 1. The molecule has 4 atom stereocenters. The average molecular weight is 182 g/mol. The van der Waals surface area contributed by atoms with E-state index < -0.39 is 0 Å². The highest BCUT2D eigenvalue weighted by atomic mass is 16.5. The van der Waals surface area contributed by atoms with Gasteiger partial charge < -0.3 is 4.74 Å². The van der Waals surface area contributed by atoms with Crippen molar-refractivity contribution in [3.8, 4) is 0 Å². The third kappa shape index (κ3) is 1.34. The van der Waals surface area contributed by atoms with Crippen LogP contribution in [-0.4, -0.2) is 11.2 Å². The Morgan fingerprint density at radius 1 is 0.923 bits per heavy atom. The third-order valence-electron chi connectivity index (χ3n) is 3.74. The predicted molar refractivity (Wildman–Crippen MR) is 56.7 cm³/mol. The molecule has 0 aromatic rings. The van der Waals surface area contributed by atoms with Gasteiger partial charge in [-0.05, 0) is 25.7 Å². The van der Waals surface area contributed by atoms with E-state index in [1.807, 2.05) is 13.8 Å². The summed E-state index contributed by atoms with van der Waals surface area (Å²) < 4.78 is 5.96. The van der Waals surface area contributed by atoms with Crippen molar-refractivity contribution in [3.05, 3.63) is 12.2 Å². The van der Waals surface area contributed by atoms with Crippen LogP contribution in [0.4, 0.5) is 0 Å². The highest BCUT2D eigenvalue weighted by Gasteiger charge is 2.55. The fourth-order valence-electron chi connectivity index (χ4n) is 2.36. The van der Waals surface area contributed by atoms with Gasteiger partial charge in [0.05, 0.1) is 11.2 Å². The van der Waals surface area contributed by atoms with E-state index in [2.05, 4.69) is 39.8 Å². The second-order valence-electron chi connectivity index (χ2n) is 4.38. The van der Waals surface area contributed by atoms with Gasteiger partial charge in [0.2, 0.25) is 0 Å². The minimum absolute atomic E-state index is 0.0220. The van der Waals surface area contributed by atoms with Crippen molar-refractivity contribution in [1.29, 1.82) is 0 Å². The maximum atomic E-state index is 5.96. The molecule has 0 aromatic carbocycles. The molecule has 4 unspecified atom stereocenters. The van der Waals surface area contributed by atoms with Gasteiger partial charge >= 0.3 is 0 Å². The number of fused-ring (bicyclic) bond motifs is 2. The van der Waals surface area contributed by atoms with E-state index in [1.165, 1.54) is 0 Å². The van der Waals surface area contributed by atoms with Crippen molar-refractivity contribution in [2.75, 3.05) is 0 Å². The van der Waals surface area contributed by atoms with Crippen molar-refractivity contribution in [3.63, 3.8) is 0 Å². The van der Waals surface area contributed by atoms with Gasteiger partial charge in [-0.25, -0.2) is 0 Å². The second-order valence-corrected chi connectivity index (χ2v) is 4.38. The highest BCUT2D eigenvalue weighted by molar-refractivity contribution is 5.25. The van der Waals surface area contributed by atoms with Crippen molar-refractivity contribution in [1.82, 2.24) is 0 Å². The van der Waals surface area contributed by atoms with Gasteiger partial charge in [-0.15, -0.1) is 0 Å². The molecule has 0 saturated carbocycles. The summed E-state index contributed by atoms with van der Waals surface area (Å²) in [6.07, 6.45) is 4.44. The molecular weight excluding hydrogens is 160 g/mol. The Kier molecular flexibility index (Phi) is 2.59. The molecule has 2 rings (SSSR count). The average Bonchev–Trinajstić information content (AvgIpc) is 2.52. The Bertz CT molecular complexity index is 199. The van der Waals surface area contributed by atoms with Crippen LogP contribution in [-0.2, 0) is 4.74 Å². The van der Waals surface area contributed by atoms with E-state index >= 15 is 0 Å². The van der Waals surface area contributed by atoms with Crippen LogP contribution in [0.15, 0.2) is 12.2 Å². The molecule has 1 saturated heterocycles. The number of ether oxygens (including phenoxy) is 1. The lowest BCUT2D eigenvalue weighted by molar-refractivity contribution is -0.0250. The Hall–Kier alpha value is -0.300. The topological polar surface area (TPSA) is 9.23 Å². The standard InChI is InChI=1S/C10H16O.C2H6/c1-7-8(2)10(4)6-5-9(7,3)11-10;1-2/h5-8H,1-4H3;1-2H3. The minimum Gasteiger partial charge on any atom is -0.360 e. The highest BCUT2D eigenvalue weighted by Crippen LogP contribution is 2.52. The monoisotopic (exact) mass is 182 g/mol. The smallest absolute Gasteiger partial charge is 0.0876 e. The summed E-state index contributed by atoms with van der Waals surface area (Å²) >= 11 is 0. The van der Waals surface area contributed by atoms with E-state index in [4.69, 9.17) is 4.74 Å². The lowest BCUT2D eigenvalue weighted by Gasteiger charge is -2.26. The largest absolute Gasteiger partial charge is 0.360 e. The van der Waals surface area contributed by atoms with Crippen molar-refractivity contribution in [2.24, 2.45) is 11.8 Å². The molecule has 2 heterocycles. The molecule has 2 bridgehead atoms. The molecule has 0 amide bonds. The van der Waals surface area contributed by atoms with E-state index in [-0.39, 0.29) is 11.2 Å². The number of rotatable bonds is 0. The zero-order valence-electron chi connectivity index (χ0n) is 9.72. The first-order valence-corrected chi connectivity index (χ1v) is 5.38. The molecule has 0 N–H and O–H groups in total. The number of hydrogen-bond donors (Lipinski definition) is 0. The third-order valence-corrected chi connectivity index (χ3v) is 3.74. The lowest BCUT2D eigenvalue weighted by atomic mass is 9.74. The van der Waals surface area contributed by atoms with Crippen LogP contribution in [0, 0.1) is 11.8 Å². The van der Waals surface area contributed by atoms with Crippen LogP contribution in [0.3, 0.4) is 0 Å². The van der Waals surface area contributed by atoms with Crippen LogP contribution >= 0.6 is 0 Å². The van der Waals surface area contributed by atoms with Crippen molar-refractivity contribution >= 4 is 0 Å². The quantitative estimate of drug-likeness (QED) is 0.522. The first-order chi connectivity index (χ1) is 5.98. The van der Waals surface area contributed by atoms with Crippen molar-refractivity contribution < 1.29 is 4.74 Å². The summed E-state index contributed by atoms with van der Waals surface area (Å²) in [5, 5.41) is 0. The Balaban J connectivity index is 0.000000396. The first kappa shape index (κ1) is 10.8. The summed E-state index contributed by atoms with van der Waals surface area (Å²) in [6.45, 7) is 12.9. The van der Waals surface area contributed by atoms with Crippen LogP contribution in [0.25, 0.3) is 0 Å². The molecule has 13 heavy (non-hydrogen) atoms. The van der Waals surface area contributed by atoms with Gasteiger partial charge in [-0.3, -0.25) is 0 Å².